The first-order valence-corrected chi connectivity index (χ1v) is 14.7. The Kier molecular flexibility index (Phi) is 17.3. The highest BCUT2D eigenvalue weighted by atomic mass is 35.5. The minimum Gasteiger partial charge on any atom is -1.00 e. The van der Waals surface area contributed by atoms with Gasteiger partial charge in [-0.3, -0.25) is 33.8 Å². The number of benzene rings is 2. The van der Waals surface area contributed by atoms with Gasteiger partial charge in [-0.05, 0) is 30.2 Å². The maximum atomic E-state index is 12.2. The number of hydrogen-bond acceptors (Lipinski definition) is 12. The molecule has 0 radical (unpaired) electrons. The summed E-state index contributed by atoms with van der Waals surface area (Å²) in [4.78, 5) is 81.9. The molecule has 0 aliphatic carbocycles. The van der Waals surface area contributed by atoms with Gasteiger partial charge in [0.2, 0.25) is 0 Å². The lowest BCUT2D eigenvalue weighted by Crippen LogP contribution is -3.00. The smallest absolute Gasteiger partial charge is 0.361 e. The number of amides is 4. The summed E-state index contributed by atoms with van der Waals surface area (Å²) in [6.45, 7) is 3.69. The Balaban J connectivity index is 0.000000411. The zero-order chi connectivity index (χ0) is 35.3. The standard InChI is InChI=1S/C16H20N2O5.C13H13NO4.C3H7NO2.ClH/c1-10(7-17-8-14(20)23-2)13(19)9-18-15(21)11-5-3-4-6-12(11)16(18)22;1-8(7-15)11(16)6-14-12(17)9-4-2-3-5-10(9)13(14)18;1-6-3(5)2-4;/h3-6,10,13,17,19H,7-9H2,1-2H3;2-5,7-8,11,16H,6H2,1H3;2,4H2,1H3;1H/t10-,13+;8-,11+;;/m11../s1. The Bertz CT molecular complexity index is 1400. The Labute approximate surface area is 283 Å². The van der Waals surface area contributed by atoms with E-state index in [0.717, 1.165) is 9.80 Å². The van der Waals surface area contributed by atoms with Gasteiger partial charge < -0.3 is 47.9 Å². The quantitative estimate of drug-likeness (QED) is 0.0947. The molecule has 262 valence electrons. The van der Waals surface area contributed by atoms with Crippen LogP contribution >= 0.6 is 0 Å². The molecule has 0 saturated heterocycles. The molecule has 2 aliphatic heterocycles. The van der Waals surface area contributed by atoms with Crippen molar-refractivity contribution in [3.8, 4) is 0 Å². The topological polar surface area (TPSA) is 225 Å². The lowest BCUT2D eigenvalue weighted by molar-refractivity contribution is -0.359. The van der Waals surface area contributed by atoms with Crippen molar-refractivity contribution in [1.29, 1.82) is 0 Å². The third-order valence-corrected chi connectivity index (χ3v) is 7.37. The first-order chi connectivity index (χ1) is 22.3. The summed E-state index contributed by atoms with van der Waals surface area (Å²) >= 11 is 0. The number of nitrogens with one attached hydrogen (secondary N) is 1. The van der Waals surface area contributed by atoms with E-state index < -0.39 is 35.9 Å². The van der Waals surface area contributed by atoms with Crippen LogP contribution in [0.4, 0.5) is 0 Å². The molecule has 2 aromatic carbocycles. The van der Waals surface area contributed by atoms with Gasteiger partial charge in [-0.15, -0.1) is 0 Å². The molecule has 0 saturated carbocycles. The monoisotopic (exact) mass is 692 g/mol. The number of carbonyl (C=O) groups excluding carboxylic acids is 7. The molecular formula is C32H41ClN4O11. The van der Waals surface area contributed by atoms with Crippen molar-refractivity contribution in [3.05, 3.63) is 70.8 Å². The second kappa shape index (κ2) is 20.0. The summed E-state index contributed by atoms with van der Waals surface area (Å²) in [5, 5.41) is 22.8. The predicted octanol–water partition coefficient (Wildman–Crippen LogP) is -4.07. The Hall–Kier alpha value is -4.54. The van der Waals surface area contributed by atoms with E-state index >= 15 is 0 Å². The summed E-state index contributed by atoms with van der Waals surface area (Å²) in [6.07, 6.45) is -1.32. The van der Waals surface area contributed by atoms with E-state index in [1.807, 2.05) is 0 Å². The van der Waals surface area contributed by atoms with E-state index in [-0.39, 0.29) is 62.3 Å². The van der Waals surface area contributed by atoms with Gasteiger partial charge in [0, 0.05) is 12.5 Å². The SMILES string of the molecule is COC(=O)CNC[C@@H](C)[C@@H](O)CN1C(=O)c2ccccc2C1=O.COC(=O)C[NH3+].C[C@H](C=O)[C@@H](O)CN1C(=O)c2ccccc2C1=O.[Cl-]. The molecule has 2 heterocycles. The number of aliphatic hydroxyl groups excluding tert-OH is 2. The molecule has 0 bridgehead atoms. The zero-order valence-corrected chi connectivity index (χ0v) is 27.8. The number of halogens is 1. The van der Waals surface area contributed by atoms with Crippen LogP contribution in [0.3, 0.4) is 0 Å². The van der Waals surface area contributed by atoms with Crippen LogP contribution < -0.4 is 23.5 Å². The van der Waals surface area contributed by atoms with Gasteiger partial charge in [0.05, 0.1) is 68.3 Å². The molecule has 16 heteroatoms. The van der Waals surface area contributed by atoms with Gasteiger partial charge in [0.1, 0.15) is 6.29 Å². The average Bonchev–Trinajstić information content (AvgIpc) is 3.47. The molecule has 15 nitrogen and oxygen atoms in total. The number of β-amino-alcohol motifs (C(OH)–C–C–N with tert-alkyl or cyclic N) is 2. The second-order valence-corrected chi connectivity index (χ2v) is 10.7. The molecule has 6 N–H and O–H groups in total. The van der Waals surface area contributed by atoms with Crippen LogP contribution in [0.5, 0.6) is 0 Å². The van der Waals surface area contributed by atoms with Crippen molar-refractivity contribution in [2.24, 2.45) is 11.8 Å². The molecule has 48 heavy (non-hydrogen) atoms. The Morgan fingerprint density at radius 2 is 1.15 bits per heavy atom. The Morgan fingerprint density at radius 3 is 1.46 bits per heavy atom. The maximum absolute atomic E-state index is 12.2. The highest BCUT2D eigenvalue weighted by molar-refractivity contribution is 6.22. The number of methoxy groups -OCH3 is 2. The Morgan fingerprint density at radius 1 is 0.771 bits per heavy atom. The molecule has 4 atom stereocenters. The molecule has 2 aliphatic rings. The number of ether oxygens (including phenoxy) is 2. The van der Waals surface area contributed by atoms with Crippen molar-refractivity contribution < 1.29 is 71.4 Å². The molecular weight excluding hydrogens is 652 g/mol. The highest BCUT2D eigenvalue weighted by Gasteiger charge is 2.38. The fourth-order valence-electron chi connectivity index (χ4n) is 4.33. The van der Waals surface area contributed by atoms with Gasteiger partial charge in [0.25, 0.3) is 23.6 Å². The molecule has 0 fully saturated rings. The summed E-state index contributed by atoms with van der Waals surface area (Å²) in [6, 6.07) is 13.1. The number of hydrogen-bond donors (Lipinski definition) is 4. The molecule has 0 aromatic heterocycles. The van der Waals surface area contributed by atoms with E-state index in [0.29, 0.717) is 35.1 Å². The van der Waals surface area contributed by atoms with Crippen LogP contribution in [0.1, 0.15) is 55.3 Å². The predicted molar refractivity (Wildman–Crippen MR) is 165 cm³/mol. The number of fused-ring (bicyclic) bond motifs is 2. The molecule has 2 aromatic rings. The number of imide groups is 2. The number of nitrogens with zero attached hydrogens (tertiary/aromatic N) is 2. The number of carbonyl (C=O) groups is 7. The van der Waals surface area contributed by atoms with Crippen molar-refractivity contribution in [2.75, 3.05) is 46.9 Å². The maximum Gasteiger partial charge on any atom is 0.361 e. The molecule has 0 spiro atoms. The van der Waals surface area contributed by atoms with E-state index in [1.54, 1.807) is 55.5 Å². The van der Waals surface area contributed by atoms with Crippen LogP contribution in [0.2, 0.25) is 0 Å². The number of aldehydes is 1. The van der Waals surface area contributed by atoms with Crippen LogP contribution in [0, 0.1) is 11.8 Å². The molecule has 0 unspecified atom stereocenters. The van der Waals surface area contributed by atoms with Crippen LogP contribution in [0.15, 0.2) is 48.5 Å². The molecule has 4 rings (SSSR count). The minimum atomic E-state index is -1.04. The third kappa shape index (κ3) is 10.7. The largest absolute Gasteiger partial charge is 1.00 e. The van der Waals surface area contributed by atoms with Gasteiger partial charge in [-0.25, -0.2) is 4.79 Å². The number of aliphatic hydroxyl groups is 2. The van der Waals surface area contributed by atoms with Crippen LogP contribution in [0.25, 0.3) is 0 Å². The summed E-state index contributed by atoms with van der Waals surface area (Å²) in [5.41, 5.74) is 4.69. The summed E-state index contributed by atoms with van der Waals surface area (Å²) in [5.74, 6) is -3.15. The van der Waals surface area contributed by atoms with Crippen molar-refractivity contribution in [3.63, 3.8) is 0 Å². The fourth-order valence-corrected chi connectivity index (χ4v) is 4.33. The third-order valence-electron chi connectivity index (χ3n) is 7.37. The van der Waals surface area contributed by atoms with Gasteiger partial charge in [0.15, 0.2) is 6.54 Å². The lowest BCUT2D eigenvalue weighted by Gasteiger charge is -2.23. The van der Waals surface area contributed by atoms with Crippen molar-refractivity contribution in [1.82, 2.24) is 15.1 Å². The zero-order valence-electron chi connectivity index (χ0n) is 27.1. The minimum absolute atomic E-state index is 0. The first-order valence-electron chi connectivity index (χ1n) is 14.7. The second-order valence-electron chi connectivity index (χ2n) is 10.7. The highest BCUT2D eigenvalue weighted by Crippen LogP contribution is 2.24. The lowest BCUT2D eigenvalue weighted by atomic mass is 10.0. The molecule has 4 amide bonds. The van der Waals surface area contributed by atoms with E-state index in [1.165, 1.54) is 21.1 Å². The number of esters is 2. The number of quaternary nitrogens is 1. The first kappa shape index (κ1) is 41.5. The summed E-state index contributed by atoms with van der Waals surface area (Å²) < 4.78 is 8.70. The van der Waals surface area contributed by atoms with Gasteiger partial charge in [-0.1, -0.05) is 38.1 Å². The van der Waals surface area contributed by atoms with Crippen molar-refractivity contribution in [2.45, 2.75) is 26.1 Å². The fraction of sp³-hybridized carbons (Fsp3) is 0.406. The normalized spacial score (nSPS) is 15.3. The van der Waals surface area contributed by atoms with Crippen LogP contribution in [-0.2, 0) is 23.9 Å². The summed E-state index contributed by atoms with van der Waals surface area (Å²) in [7, 11) is 2.64. The van der Waals surface area contributed by atoms with E-state index in [2.05, 4.69) is 20.5 Å². The number of rotatable bonds is 12. The van der Waals surface area contributed by atoms with E-state index in [4.69, 9.17) is 0 Å². The van der Waals surface area contributed by atoms with E-state index in [9.17, 15) is 43.8 Å². The van der Waals surface area contributed by atoms with Gasteiger partial charge >= 0.3 is 11.9 Å². The average molecular weight is 693 g/mol. The van der Waals surface area contributed by atoms with Crippen LogP contribution in [-0.4, -0.2) is 121 Å². The van der Waals surface area contributed by atoms with Crippen molar-refractivity contribution >= 4 is 41.9 Å². The van der Waals surface area contributed by atoms with Gasteiger partial charge in [-0.2, -0.15) is 0 Å².